The van der Waals surface area contributed by atoms with E-state index in [9.17, 15) is 10.4 Å². The molecule has 0 radical (unpaired) electrons. The SMILES string of the molecule is CCC(C)(C)C1C(C(C)(C)CC)N([O-])ON1[O-]. The van der Waals surface area contributed by atoms with Crippen LogP contribution in [0.15, 0.2) is 0 Å². The monoisotopic (exact) mass is 244 g/mol. The van der Waals surface area contributed by atoms with Gasteiger partial charge in [-0.2, -0.15) is 0 Å². The van der Waals surface area contributed by atoms with Crippen LogP contribution in [0.2, 0.25) is 0 Å². The highest BCUT2D eigenvalue weighted by Gasteiger charge is 2.48. The summed E-state index contributed by atoms with van der Waals surface area (Å²) in [5.74, 6) is 0. The molecule has 0 saturated carbocycles. The van der Waals surface area contributed by atoms with Crippen LogP contribution in [0, 0.1) is 21.2 Å². The Morgan fingerprint density at radius 2 is 1.18 bits per heavy atom. The fourth-order valence-electron chi connectivity index (χ4n) is 2.26. The van der Waals surface area contributed by atoms with Crippen LogP contribution in [0.4, 0.5) is 0 Å². The van der Waals surface area contributed by atoms with Crippen molar-refractivity contribution in [2.75, 3.05) is 0 Å². The minimum atomic E-state index is -0.431. The highest BCUT2D eigenvalue weighted by molar-refractivity contribution is 5.01. The average Bonchev–Trinajstić information content (AvgIpc) is 2.54. The Balaban J connectivity index is 3.07. The topological polar surface area (TPSA) is 61.8 Å². The smallest absolute Gasteiger partial charge is 0.0462 e. The van der Waals surface area contributed by atoms with Crippen molar-refractivity contribution in [3.05, 3.63) is 10.4 Å². The Kier molecular flexibility index (Phi) is 4.21. The van der Waals surface area contributed by atoms with Crippen molar-refractivity contribution >= 4 is 0 Å². The van der Waals surface area contributed by atoms with Gasteiger partial charge in [0.2, 0.25) is 0 Å². The van der Waals surface area contributed by atoms with Gasteiger partial charge in [0.1, 0.15) is 0 Å². The van der Waals surface area contributed by atoms with Crippen LogP contribution in [0.5, 0.6) is 0 Å². The van der Waals surface area contributed by atoms with E-state index in [4.69, 9.17) is 4.94 Å². The third kappa shape index (κ3) is 2.63. The fraction of sp³-hybridized carbons (Fsp3) is 1.00. The molecule has 1 saturated heterocycles. The molecule has 0 amide bonds. The molecule has 2 unspecified atom stereocenters. The predicted molar refractivity (Wildman–Crippen MR) is 67.2 cm³/mol. The van der Waals surface area contributed by atoms with Crippen LogP contribution in [-0.2, 0) is 4.94 Å². The highest BCUT2D eigenvalue weighted by atomic mass is 17.1. The second-order valence-electron chi connectivity index (χ2n) is 6.23. The maximum atomic E-state index is 11.8. The Hall–Kier alpha value is -0.200. The summed E-state index contributed by atoms with van der Waals surface area (Å²) in [4.78, 5) is 4.72. The molecule has 0 aromatic carbocycles. The van der Waals surface area contributed by atoms with Crippen molar-refractivity contribution < 1.29 is 4.94 Å². The second kappa shape index (κ2) is 4.82. The van der Waals surface area contributed by atoms with Gasteiger partial charge in [-0.05, 0) is 23.7 Å². The molecule has 1 fully saturated rings. The van der Waals surface area contributed by atoms with Crippen molar-refractivity contribution in [2.45, 2.75) is 66.5 Å². The number of hydrogen-bond acceptors (Lipinski definition) is 5. The molecular formula is C12H24N2O3-2. The quantitative estimate of drug-likeness (QED) is 0.760. The van der Waals surface area contributed by atoms with Crippen LogP contribution in [0.1, 0.15) is 54.4 Å². The molecule has 17 heavy (non-hydrogen) atoms. The van der Waals surface area contributed by atoms with Gasteiger partial charge in [-0.3, -0.25) is 0 Å². The summed E-state index contributed by atoms with van der Waals surface area (Å²) in [7, 11) is 0. The van der Waals surface area contributed by atoms with E-state index in [1.54, 1.807) is 0 Å². The lowest BCUT2D eigenvalue weighted by Gasteiger charge is -2.46. The van der Waals surface area contributed by atoms with Crippen molar-refractivity contribution in [2.24, 2.45) is 10.8 Å². The van der Waals surface area contributed by atoms with Crippen molar-refractivity contribution in [1.29, 1.82) is 0 Å². The van der Waals surface area contributed by atoms with Gasteiger partial charge in [0, 0.05) is 12.1 Å². The summed E-state index contributed by atoms with van der Waals surface area (Å²) in [5, 5.41) is 24.6. The molecule has 5 nitrogen and oxygen atoms in total. The molecule has 1 aliphatic rings. The second-order valence-corrected chi connectivity index (χ2v) is 6.23. The number of hydrogen-bond donors (Lipinski definition) is 0. The van der Waals surface area contributed by atoms with Crippen molar-refractivity contribution in [3.63, 3.8) is 0 Å². The molecule has 102 valence electrons. The molecule has 0 aliphatic carbocycles. The standard InChI is InChI=1S/C12H24N2O3/c1-7-11(3,4)9-10(12(5,6)8-2)14(16)17-13(9)15/h9-10H,7-8H2,1-6H3/q-2. The molecule has 0 spiro atoms. The summed E-state index contributed by atoms with van der Waals surface area (Å²) in [5.41, 5.74) is -0.504. The van der Waals surface area contributed by atoms with E-state index in [0.29, 0.717) is 10.5 Å². The van der Waals surface area contributed by atoms with Crippen LogP contribution in [-0.4, -0.2) is 22.5 Å². The van der Waals surface area contributed by atoms with Gasteiger partial charge in [-0.25, -0.2) is 15.4 Å². The van der Waals surface area contributed by atoms with E-state index >= 15 is 0 Å². The molecule has 2 atom stereocenters. The maximum Gasteiger partial charge on any atom is 0.0462 e. The zero-order valence-electron chi connectivity index (χ0n) is 11.7. The molecule has 0 bridgehead atoms. The molecule has 0 N–H and O–H groups in total. The molecule has 0 aromatic heterocycles. The molecule has 1 heterocycles. The van der Waals surface area contributed by atoms with E-state index in [-0.39, 0.29) is 10.8 Å². The Labute approximate surface area is 104 Å². The van der Waals surface area contributed by atoms with Crippen LogP contribution in [0.25, 0.3) is 0 Å². The van der Waals surface area contributed by atoms with Crippen molar-refractivity contribution in [3.8, 4) is 0 Å². The predicted octanol–water partition coefficient (Wildman–Crippen LogP) is 3.06. The summed E-state index contributed by atoms with van der Waals surface area (Å²) in [6.45, 7) is 12.1. The van der Waals surface area contributed by atoms with Gasteiger partial charge in [0.15, 0.2) is 0 Å². The van der Waals surface area contributed by atoms with Gasteiger partial charge in [0.05, 0.1) is 0 Å². The van der Waals surface area contributed by atoms with Crippen LogP contribution in [0.3, 0.4) is 0 Å². The van der Waals surface area contributed by atoms with Crippen LogP contribution < -0.4 is 0 Å². The minimum Gasteiger partial charge on any atom is -0.760 e. The number of nitrogens with zero attached hydrogens (tertiary/aromatic N) is 2. The van der Waals surface area contributed by atoms with Gasteiger partial charge < -0.3 is 10.4 Å². The lowest BCUT2D eigenvalue weighted by molar-refractivity contribution is -0.243. The first-order valence-electron chi connectivity index (χ1n) is 6.28. The Bertz CT molecular complexity index is 242. The number of hydroxylamine groups is 4. The van der Waals surface area contributed by atoms with Crippen LogP contribution >= 0.6 is 0 Å². The molecule has 1 rings (SSSR count). The first-order chi connectivity index (χ1) is 7.67. The Morgan fingerprint density at radius 1 is 0.882 bits per heavy atom. The lowest BCUT2D eigenvalue weighted by Crippen LogP contribution is -2.51. The van der Waals surface area contributed by atoms with Gasteiger partial charge >= 0.3 is 0 Å². The summed E-state index contributed by atoms with van der Waals surface area (Å²) < 4.78 is 0. The molecule has 0 aromatic rings. The zero-order valence-corrected chi connectivity index (χ0v) is 11.7. The normalized spacial score (nSPS) is 28.9. The van der Waals surface area contributed by atoms with Crippen molar-refractivity contribution in [1.82, 2.24) is 10.5 Å². The first kappa shape index (κ1) is 14.9. The van der Waals surface area contributed by atoms with E-state index in [1.165, 1.54) is 0 Å². The van der Waals surface area contributed by atoms with Gasteiger partial charge in [0.25, 0.3) is 0 Å². The van der Waals surface area contributed by atoms with E-state index in [0.717, 1.165) is 12.8 Å². The molecule has 1 aliphatic heterocycles. The zero-order chi connectivity index (χ0) is 13.4. The summed E-state index contributed by atoms with van der Waals surface area (Å²) >= 11 is 0. The van der Waals surface area contributed by atoms with E-state index in [2.05, 4.69) is 0 Å². The van der Waals surface area contributed by atoms with Gasteiger partial charge in [-0.1, -0.05) is 41.5 Å². The maximum absolute atomic E-state index is 11.8. The number of rotatable bonds is 4. The first-order valence-corrected chi connectivity index (χ1v) is 6.28. The molecule has 5 heteroatoms. The third-order valence-corrected chi connectivity index (χ3v) is 4.34. The molecular weight excluding hydrogens is 220 g/mol. The van der Waals surface area contributed by atoms with E-state index in [1.807, 2.05) is 41.5 Å². The Morgan fingerprint density at radius 3 is 1.41 bits per heavy atom. The summed E-state index contributed by atoms with van der Waals surface area (Å²) in [6, 6.07) is -0.861. The largest absolute Gasteiger partial charge is 0.760 e. The van der Waals surface area contributed by atoms with Gasteiger partial charge in [-0.15, -0.1) is 0 Å². The minimum absolute atomic E-state index is 0.252. The highest BCUT2D eigenvalue weighted by Crippen LogP contribution is 2.44. The lowest BCUT2D eigenvalue weighted by atomic mass is 9.69. The average molecular weight is 244 g/mol. The fourth-order valence-corrected chi connectivity index (χ4v) is 2.26. The van der Waals surface area contributed by atoms with E-state index < -0.39 is 12.1 Å². The summed E-state index contributed by atoms with van der Waals surface area (Å²) in [6.07, 6.45) is 1.65. The third-order valence-electron chi connectivity index (χ3n) is 4.34.